The molecular weight excluding hydrogens is 188 g/mol. The van der Waals surface area contributed by atoms with E-state index in [0.717, 1.165) is 11.3 Å². The van der Waals surface area contributed by atoms with Gasteiger partial charge in [0, 0.05) is 18.3 Å². The second-order valence-electron chi connectivity index (χ2n) is 4.00. The summed E-state index contributed by atoms with van der Waals surface area (Å²) < 4.78 is 1.93. The zero-order valence-electron chi connectivity index (χ0n) is 8.97. The molecular formula is C12H14N2O. The average Bonchev–Trinajstić information content (AvgIpc) is 2.59. The summed E-state index contributed by atoms with van der Waals surface area (Å²) in [6.07, 6.45) is 4.28. The minimum atomic E-state index is 0.0785. The molecule has 0 aliphatic carbocycles. The molecule has 2 heterocycles. The van der Waals surface area contributed by atoms with Crippen molar-refractivity contribution in [3.05, 3.63) is 36.3 Å². The summed E-state index contributed by atoms with van der Waals surface area (Å²) in [5, 5.41) is 0. The Morgan fingerprint density at radius 2 is 2.27 bits per heavy atom. The molecule has 0 unspecified atom stereocenters. The number of imidazole rings is 1. The van der Waals surface area contributed by atoms with Gasteiger partial charge in [-0.05, 0) is 12.1 Å². The van der Waals surface area contributed by atoms with Crippen molar-refractivity contribution in [3.8, 4) is 0 Å². The molecule has 3 heteroatoms. The number of hydrogen-bond donors (Lipinski definition) is 0. The van der Waals surface area contributed by atoms with Gasteiger partial charge in [0.2, 0.25) is 0 Å². The number of fused-ring (bicyclic) bond motifs is 1. The number of carbonyl (C=O) groups is 1. The molecule has 0 radical (unpaired) electrons. The van der Waals surface area contributed by atoms with Crippen molar-refractivity contribution in [2.75, 3.05) is 0 Å². The van der Waals surface area contributed by atoms with Crippen molar-refractivity contribution in [2.45, 2.75) is 20.3 Å². The second-order valence-corrected chi connectivity index (χ2v) is 4.00. The topological polar surface area (TPSA) is 34.4 Å². The van der Waals surface area contributed by atoms with Crippen LogP contribution < -0.4 is 0 Å². The third kappa shape index (κ3) is 2.06. The molecule has 0 aromatic carbocycles. The molecule has 0 aliphatic rings. The van der Waals surface area contributed by atoms with Crippen LogP contribution in [0.15, 0.2) is 30.6 Å². The number of rotatable bonds is 3. The van der Waals surface area contributed by atoms with Crippen molar-refractivity contribution >= 4 is 11.4 Å². The summed E-state index contributed by atoms with van der Waals surface area (Å²) >= 11 is 0. The number of pyridine rings is 1. The number of aromatic nitrogens is 2. The van der Waals surface area contributed by atoms with Gasteiger partial charge < -0.3 is 4.40 Å². The van der Waals surface area contributed by atoms with Gasteiger partial charge in [-0.15, -0.1) is 0 Å². The Morgan fingerprint density at radius 3 is 2.93 bits per heavy atom. The molecule has 78 valence electrons. The van der Waals surface area contributed by atoms with Crippen LogP contribution in [0.2, 0.25) is 0 Å². The van der Waals surface area contributed by atoms with E-state index in [2.05, 4.69) is 4.98 Å². The minimum absolute atomic E-state index is 0.0785. The normalized spacial score (nSPS) is 11.1. The van der Waals surface area contributed by atoms with E-state index in [4.69, 9.17) is 0 Å². The lowest BCUT2D eigenvalue weighted by Crippen LogP contribution is -2.10. The smallest absolute Gasteiger partial charge is 0.141 e. The van der Waals surface area contributed by atoms with Crippen LogP contribution in [0.1, 0.15) is 19.5 Å². The maximum absolute atomic E-state index is 11.5. The quantitative estimate of drug-likeness (QED) is 0.763. The van der Waals surface area contributed by atoms with Crippen molar-refractivity contribution in [1.82, 2.24) is 9.38 Å². The van der Waals surface area contributed by atoms with Gasteiger partial charge in [-0.25, -0.2) is 4.98 Å². The molecule has 0 saturated carbocycles. The summed E-state index contributed by atoms with van der Waals surface area (Å²) in [5.74, 6) is 0.313. The molecule has 15 heavy (non-hydrogen) atoms. The maximum Gasteiger partial charge on any atom is 0.141 e. The van der Waals surface area contributed by atoms with Crippen LogP contribution >= 0.6 is 0 Å². The van der Waals surface area contributed by atoms with E-state index < -0.39 is 0 Å². The van der Waals surface area contributed by atoms with Crippen LogP contribution in [0.5, 0.6) is 0 Å². The van der Waals surface area contributed by atoms with Gasteiger partial charge in [-0.2, -0.15) is 0 Å². The van der Waals surface area contributed by atoms with Crippen LogP contribution in [0.4, 0.5) is 0 Å². The van der Waals surface area contributed by atoms with E-state index in [-0.39, 0.29) is 11.7 Å². The number of nitrogens with zero attached hydrogens (tertiary/aromatic N) is 2. The Morgan fingerprint density at radius 1 is 1.47 bits per heavy atom. The highest BCUT2D eigenvalue weighted by Crippen LogP contribution is 2.07. The van der Waals surface area contributed by atoms with E-state index in [9.17, 15) is 4.79 Å². The highest BCUT2D eigenvalue weighted by atomic mass is 16.1. The van der Waals surface area contributed by atoms with Gasteiger partial charge in [0.15, 0.2) is 0 Å². The zero-order valence-corrected chi connectivity index (χ0v) is 8.97. The molecule has 2 aromatic heterocycles. The van der Waals surface area contributed by atoms with Crippen molar-refractivity contribution in [2.24, 2.45) is 5.92 Å². The lowest BCUT2D eigenvalue weighted by molar-refractivity contribution is -0.121. The minimum Gasteiger partial charge on any atom is -0.307 e. The molecule has 0 spiro atoms. The Bertz CT molecular complexity index is 452. The summed E-state index contributed by atoms with van der Waals surface area (Å²) in [5.41, 5.74) is 1.74. The van der Waals surface area contributed by atoms with Crippen LogP contribution in [-0.4, -0.2) is 15.2 Å². The first kappa shape index (κ1) is 9.90. The first-order valence-corrected chi connectivity index (χ1v) is 5.12. The zero-order chi connectivity index (χ0) is 10.8. The molecule has 3 nitrogen and oxygen atoms in total. The SMILES string of the molecule is CC(C)C(=O)Cc1cn2ccccc2n1. The van der Waals surface area contributed by atoms with Crippen LogP contribution in [-0.2, 0) is 11.2 Å². The van der Waals surface area contributed by atoms with Gasteiger partial charge in [-0.1, -0.05) is 19.9 Å². The number of Topliss-reactive ketones (excluding diaryl/α,β-unsaturated/α-hetero) is 1. The van der Waals surface area contributed by atoms with Crippen molar-refractivity contribution in [3.63, 3.8) is 0 Å². The molecule has 0 aliphatic heterocycles. The first-order chi connectivity index (χ1) is 7.16. The standard InChI is InChI=1S/C12H14N2O/c1-9(2)11(15)7-10-8-14-6-4-3-5-12(14)13-10/h3-6,8-9H,7H2,1-2H3. The Hall–Kier alpha value is -1.64. The molecule has 0 saturated heterocycles. The lowest BCUT2D eigenvalue weighted by atomic mass is 10.1. The lowest BCUT2D eigenvalue weighted by Gasteiger charge is -1.99. The molecule has 0 N–H and O–H groups in total. The highest BCUT2D eigenvalue weighted by Gasteiger charge is 2.10. The number of carbonyl (C=O) groups excluding carboxylic acids is 1. The summed E-state index contributed by atoms with van der Waals surface area (Å²) in [6.45, 7) is 3.83. The fourth-order valence-corrected chi connectivity index (χ4v) is 1.45. The van der Waals surface area contributed by atoms with Crippen LogP contribution in [0, 0.1) is 5.92 Å². The molecule has 2 rings (SSSR count). The van der Waals surface area contributed by atoms with Crippen molar-refractivity contribution < 1.29 is 4.79 Å². The largest absolute Gasteiger partial charge is 0.307 e. The molecule has 2 aromatic rings. The average molecular weight is 202 g/mol. The number of ketones is 1. The summed E-state index contributed by atoms with van der Waals surface area (Å²) in [6, 6.07) is 5.82. The van der Waals surface area contributed by atoms with Crippen LogP contribution in [0.3, 0.4) is 0 Å². The van der Waals surface area contributed by atoms with E-state index in [1.807, 2.05) is 48.8 Å². The van der Waals surface area contributed by atoms with Gasteiger partial charge in [0.1, 0.15) is 11.4 Å². The van der Waals surface area contributed by atoms with Gasteiger partial charge in [0.25, 0.3) is 0 Å². The molecule has 0 fully saturated rings. The second kappa shape index (κ2) is 3.85. The van der Waals surface area contributed by atoms with Gasteiger partial charge in [0.05, 0.1) is 12.1 Å². The molecule has 0 amide bonds. The van der Waals surface area contributed by atoms with Gasteiger partial charge >= 0.3 is 0 Å². The highest BCUT2D eigenvalue weighted by molar-refractivity contribution is 5.82. The third-order valence-corrected chi connectivity index (χ3v) is 2.41. The van der Waals surface area contributed by atoms with E-state index in [1.165, 1.54) is 0 Å². The van der Waals surface area contributed by atoms with Crippen LogP contribution in [0.25, 0.3) is 5.65 Å². The molecule has 0 bridgehead atoms. The Kier molecular flexibility index (Phi) is 2.54. The first-order valence-electron chi connectivity index (χ1n) is 5.12. The van der Waals surface area contributed by atoms with E-state index in [1.54, 1.807) is 0 Å². The van der Waals surface area contributed by atoms with E-state index in [0.29, 0.717) is 6.42 Å². The Balaban J connectivity index is 2.26. The van der Waals surface area contributed by atoms with Crippen molar-refractivity contribution in [1.29, 1.82) is 0 Å². The summed E-state index contributed by atoms with van der Waals surface area (Å²) in [7, 11) is 0. The molecule has 0 atom stereocenters. The predicted octanol–water partition coefficient (Wildman–Crippen LogP) is 2.10. The fourth-order valence-electron chi connectivity index (χ4n) is 1.45. The predicted molar refractivity (Wildman–Crippen MR) is 58.7 cm³/mol. The fraction of sp³-hybridized carbons (Fsp3) is 0.333. The summed E-state index contributed by atoms with van der Waals surface area (Å²) in [4.78, 5) is 15.9. The maximum atomic E-state index is 11.5. The number of hydrogen-bond acceptors (Lipinski definition) is 2. The van der Waals surface area contributed by atoms with E-state index >= 15 is 0 Å². The third-order valence-electron chi connectivity index (χ3n) is 2.41. The van der Waals surface area contributed by atoms with Gasteiger partial charge in [-0.3, -0.25) is 4.79 Å². The Labute approximate surface area is 88.8 Å². The monoisotopic (exact) mass is 202 g/mol.